The minimum atomic E-state index is -4.61. The lowest BCUT2D eigenvalue weighted by atomic mass is 9.84. The van der Waals surface area contributed by atoms with Crippen molar-refractivity contribution in [3.05, 3.63) is 82.0 Å². The predicted octanol–water partition coefficient (Wildman–Crippen LogP) is 5.25. The third kappa shape index (κ3) is 3.77. The SMILES string of the molecule is O=C(/C=C1\C[C@](c2ccc(Br)cc2)(C(F)(F)F)O1)OCc1ccccc1. The average molecular weight is 427 g/mol. The summed E-state index contributed by atoms with van der Waals surface area (Å²) in [6.45, 7) is 0.0422. The number of hydrogen-bond donors (Lipinski definition) is 0. The van der Waals surface area contributed by atoms with E-state index in [1.807, 2.05) is 6.07 Å². The van der Waals surface area contributed by atoms with Crippen molar-refractivity contribution in [3.8, 4) is 0 Å². The zero-order chi connectivity index (χ0) is 18.8. The molecule has 26 heavy (non-hydrogen) atoms. The number of benzene rings is 2. The number of rotatable bonds is 4. The van der Waals surface area contributed by atoms with Gasteiger partial charge in [0.2, 0.25) is 5.60 Å². The standard InChI is InChI=1S/C19H14BrF3O3/c20-15-8-6-14(7-9-15)18(19(21,22)23)11-16(26-18)10-17(24)25-12-13-4-2-1-3-5-13/h1-10H,11-12H2/b16-10+/t18-/m0/s1. The van der Waals surface area contributed by atoms with Crippen LogP contribution in [0.25, 0.3) is 0 Å². The molecule has 1 aliphatic rings. The van der Waals surface area contributed by atoms with Crippen LogP contribution in [0.5, 0.6) is 0 Å². The minimum absolute atomic E-state index is 0.0111. The van der Waals surface area contributed by atoms with Crippen molar-refractivity contribution < 1.29 is 27.4 Å². The van der Waals surface area contributed by atoms with Gasteiger partial charge in [0.05, 0.1) is 12.5 Å². The van der Waals surface area contributed by atoms with Crippen LogP contribution in [0.1, 0.15) is 17.5 Å². The van der Waals surface area contributed by atoms with E-state index in [9.17, 15) is 18.0 Å². The molecule has 1 heterocycles. The van der Waals surface area contributed by atoms with Gasteiger partial charge in [-0.1, -0.05) is 58.4 Å². The van der Waals surface area contributed by atoms with Gasteiger partial charge in [-0.3, -0.25) is 0 Å². The van der Waals surface area contributed by atoms with Gasteiger partial charge in [-0.2, -0.15) is 13.2 Å². The molecule has 2 aromatic rings. The molecule has 7 heteroatoms. The number of alkyl halides is 3. The number of esters is 1. The number of ether oxygens (including phenoxy) is 2. The Morgan fingerprint density at radius 2 is 1.77 bits per heavy atom. The second-order valence-electron chi connectivity index (χ2n) is 5.81. The highest BCUT2D eigenvalue weighted by Crippen LogP contribution is 2.54. The van der Waals surface area contributed by atoms with Gasteiger partial charge < -0.3 is 9.47 Å². The first-order valence-corrected chi connectivity index (χ1v) is 8.52. The van der Waals surface area contributed by atoms with E-state index >= 15 is 0 Å². The van der Waals surface area contributed by atoms with Crippen LogP contribution in [0.2, 0.25) is 0 Å². The summed E-state index contributed by atoms with van der Waals surface area (Å²) >= 11 is 3.19. The third-order valence-corrected chi connectivity index (χ3v) is 4.53. The summed E-state index contributed by atoms with van der Waals surface area (Å²) in [6.07, 6.45) is -4.09. The normalized spacial score (nSPS) is 21.0. The van der Waals surface area contributed by atoms with Crippen molar-refractivity contribution in [2.24, 2.45) is 0 Å². The van der Waals surface area contributed by atoms with E-state index in [2.05, 4.69) is 15.9 Å². The molecule has 2 aromatic carbocycles. The summed E-state index contributed by atoms with van der Waals surface area (Å²) in [4.78, 5) is 11.8. The Labute approximate surface area is 156 Å². The molecule has 0 N–H and O–H groups in total. The highest BCUT2D eigenvalue weighted by atomic mass is 79.9. The lowest BCUT2D eigenvalue weighted by Crippen LogP contribution is -2.51. The molecule has 0 amide bonds. The first kappa shape index (κ1) is 18.5. The summed E-state index contributed by atoms with van der Waals surface area (Å²) in [6, 6.07) is 14.7. The molecule has 0 saturated carbocycles. The predicted molar refractivity (Wildman–Crippen MR) is 91.9 cm³/mol. The molecule has 1 atom stereocenters. The van der Waals surface area contributed by atoms with Gasteiger partial charge in [-0.25, -0.2) is 4.79 Å². The molecule has 0 aromatic heterocycles. The van der Waals surface area contributed by atoms with E-state index in [-0.39, 0.29) is 17.9 Å². The summed E-state index contributed by atoms with van der Waals surface area (Å²) in [5.74, 6) is -0.793. The van der Waals surface area contributed by atoms with Crippen LogP contribution < -0.4 is 0 Å². The lowest BCUT2D eigenvalue weighted by molar-refractivity contribution is -0.309. The van der Waals surface area contributed by atoms with Crippen LogP contribution in [-0.4, -0.2) is 12.1 Å². The van der Waals surface area contributed by atoms with E-state index in [1.165, 1.54) is 24.3 Å². The number of halogens is 4. The molecule has 0 spiro atoms. The highest BCUT2D eigenvalue weighted by molar-refractivity contribution is 9.10. The second kappa shape index (κ2) is 7.15. The Bertz CT molecular complexity index is 806. The first-order valence-electron chi connectivity index (χ1n) is 7.73. The van der Waals surface area contributed by atoms with Crippen LogP contribution in [0.15, 0.2) is 70.9 Å². The van der Waals surface area contributed by atoms with Crippen molar-refractivity contribution in [1.29, 1.82) is 0 Å². The molecule has 1 aliphatic heterocycles. The molecule has 0 radical (unpaired) electrons. The third-order valence-electron chi connectivity index (χ3n) is 4.00. The van der Waals surface area contributed by atoms with Gasteiger partial charge in [-0.15, -0.1) is 0 Å². The van der Waals surface area contributed by atoms with Crippen LogP contribution in [-0.2, 0) is 26.5 Å². The summed E-state index contributed by atoms with van der Waals surface area (Å²) in [7, 11) is 0. The van der Waals surface area contributed by atoms with E-state index in [4.69, 9.17) is 9.47 Å². The molecule has 3 rings (SSSR count). The fourth-order valence-electron chi connectivity index (χ4n) is 2.64. The number of carbonyl (C=O) groups excluding carboxylic acids is 1. The molecule has 136 valence electrons. The van der Waals surface area contributed by atoms with Gasteiger partial charge in [0, 0.05) is 10.0 Å². The Hall–Kier alpha value is -2.28. The van der Waals surface area contributed by atoms with Gasteiger partial charge in [0.25, 0.3) is 0 Å². The zero-order valence-electron chi connectivity index (χ0n) is 13.4. The molecule has 1 fully saturated rings. The zero-order valence-corrected chi connectivity index (χ0v) is 15.0. The molecule has 3 nitrogen and oxygen atoms in total. The highest BCUT2D eigenvalue weighted by Gasteiger charge is 2.64. The topological polar surface area (TPSA) is 35.5 Å². The maximum atomic E-state index is 13.5. The number of hydrogen-bond acceptors (Lipinski definition) is 3. The van der Waals surface area contributed by atoms with E-state index in [0.29, 0.717) is 4.47 Å². The van der Waals surface area contributed by atoms with Gasteiger partial charge in [0.1, 0.15) is 12.4 Å². The largest absolute Gasteiger partial charge is 0.476 e. The lowest BCUT2D eigenvalue weighted by Gasteiger charge is -2.45. The monoisotopic (exact) mass is 426 g/mol. The van der Waals surface area contributed by atoms with E-state index < -0.39 is 24.2 Å². The summed E-state index contributed by atoms with van der Waals surface area (Å²) in [5.41, 5.74) is -1.66. The van der Waals surface area contributed by atoms with Crippen LogP contribution >= 0.6 is 15.9 Å². The molecule has 0 aliphatic carbocycles. The van der Waals surface area contributed by atoms with Crippen molar-refractivity contribution in [3.63, 3.8) is 0 Å². The Balaban J connectivity index is 1.68. The Kier molecular flexibility index (Phi) is 5.09. The van der Waals surface area contributed by atoms with Crippen molar-refractivity contribution in [1.82, 2.24) is 0 Å². The maximum absolute atomic E-state index is 13.5. The van der Waals surface area contributed by atoms with Crippen LogP contribution in [0.4, 0.5) is 13.2 Å². The van der Waals surface area contributed by atoms with Crippen LogP contribution in [0.3, 0.4) is 0 Å². The fraction of sp³-hybridized carbons (Fsp3) is 0.211. The molecular formula is C19H14BrF3O3. The van der Waals surface area contributed by atoms with Gasteiger partial charge in [-0.05, 0) is 17.7 Å². The van der Waals surface area contributed by atoms with E-state index in [0.717, 1.165) is 11.6 Å². The molecule has 0 unspecified atom stereocenters. The Morgan fingerprint density at radius 1 is 1.15 bits per heavy atom. The van der Waals surface area contributed by atoms with Crippen molar-refractivity contribution in [2.75, 3.05) is 0 Å². The maximum Gasteiger partial charge on any atom is 0.433 e. The molecule has 0 bridgehead atoms. The fourth-order valence-corrected chi connectivity index (χ4v) is 2.91. The Morgan fingerprint density at radius 3 is 2.35 bits per heavy atom. The van der Waals surface area contributed by atoms with Crippen molar-refractivity contribution >= 4 is 21.9 Å². The van der Waals surface area contributed by atoms with Gasteiger partial charge >= 0.3 is 12.1 Å². The summed E-state index contributed by atoms with van der Waals surface area (Å²) < 4.78 is 51.4. The summed E-state index contributed by atoms with van der Waals surface area (Å²) in [5, 5.41) is 0. The molecule has 1 saturated heterocycles. The second-order valence-corrected chi connectivity index (χ2v) is 6.73. The smallest absolute Gasteiger partial charge is 0.433 e. The first-order chi connectivity index (χ1) is 12.3. The van der Waals surface area contributed by atoms with Gasteiger partial charge in [0.15, 0.2) is 0 Å². The van der Waals surface area contributed by atoms with Crippen LogP contribution in [0, 0.1) is 0 Å². The molecular weight excluding hydrogens is 413 g/mol. The number of carbonyl (C=O) groups is 1. The quantitative estimate of drug-likeness (QED) is 0.494. The van der Waals surface area contributed by atoms with Crippen molar-refractivity contribution in [2.45, 2.75) is 24.8 Å². The minimum Gasteiger partial charge on any atom is -0.476 e. The van der Waals surface area contributed by atoms with E-state index in [1.54, 1.807) is 24.3 Å². The average Bonchev–Trinajstić information content (AvgIpc) is 2.56.